The average molecular weight is 263 g/mol. The van der Waals surface area contributed by atoms with Gasteiger partial charge in [0.05, 0.1) is 22.1 Å². The van der Waals surface area contributed by atoms with Crippen molar-refractivity contribution < 1.29 is 19.0 Å². The minimum absolute atomic E-state index is 0.0361. The van der Waals surface area contributed by atoms with E-state index in [1.54, 1.807) is 0 Å². The standard InChI is InChI=1S/C10H8ClFO3S/c11-6-3-5(10(13)14)4-7-9(6)15-2-1-8(12)16-7/h3-4,8H,1-2H2,(H,13,14)/t8-/m1/s1. The molecule has 86 valence electrons. The van der Waals surface area contributed by atoms with Crippen LogP contribution in [-0.2, 0) is 0 Å². The molecule has 1 aliphatic heterocycles. The molecule has 1 atom stereocenters. The largest absolute Gasteiger partial charge is 0.491 e. The van der Waals surface area contributed by atoms with Crippen LogP contribution in [0.15, 0.2) is 17.0 Å². The third-order valence-electron chi connectivity index (χ3n) is 2.10. The Morgan fingerprint density at radius 3 is 3.06 bits per heavy atom. The monoisotopic (exact) mass is 262 g/mol. The van der Waals surface area contributed by atoms with Crippen molar-refractivity contribution in [1.29, 1.82) is 0 Å². The van der Waals surface area contributed by atoms with Crippen molar-refractivity contribution in [3.8, 4) is 5.75 Å². The maximum Gasteiger partial charge on any atom is 0.335 e. The second-order valence-corrected chi connectivity index (χ2v) is 4.85. The molecule has 0 amide bonds. The Hall–Kier alpha value is -0.940. The number of hydrogen-bond acceptors (Lipinski definition) is 3. The van der Waals surface area contributed by atoms with E-state index in [1.807, 2.05) is 0 Å². The average Bonchev–Trinajstić information content (AvgIpc) is 2.38. The Balaban J connectivity index is 2.48. The molecule has 16 heavy (non-hydrogen) atoms. The molecule has 1 N–H and O–H groups in total. The highest BCUT2D eigenvalue weighted by Crippen LogP contribution is 2.42. The number of benzene rings is 1. The van der Waals surface area contributed by atoms with Crippen LogP contribution in [0.2, 0.25) is 5.02 Å². The van der Waals surface area contributed by atoms with E-state index in [0.717, 1.165) is 11.8 Å². The molecule has 1 aromatic rings. The quantitative estimate of drug-likeness (QED) is 0.844. The molecule has 1 heterocycles. The molecule has 0 unspecified atom stereocenters. The van der Waals surface area contributed by atoms with E-state index in [1.165, 1.54) is 12.1 Å². The number of rotatable bonds is 1. The summed E-state index contributed by atoms with van der Waals surface area (Å²) in [5.41, 5.74) is -1.06. The zero-order valence-corrected chi connectivity index (χ0v) is 9.65. The molecule has 0 saturated carbocycles. The van der Waals surface area contributed by atoms with Gasteiger partial charge in [0.15, 0.2) is 11.3 Å². The zero-order valence-electron chi connectivity index (χ0n) is 8.07. The molecule has 6 heteroatoms. The Labute approximate surface area is 101 Å². The van der Waals surface area contributed by atoms with Gasteiger partial charge in [-0.3, -0.25) is 0 Å². The van der Waals surface area contributed by atoms with E-state index < -0.39 is 11.5 Å². The van der Waals surface area contributed by atoms with Gasteiger partial charge in [-0.15, -0.1) is 0 Å². The molecule has 2 rings (SSSR count). The van der Waals surface area contributed by atoms with Crippen molar-refractivity contribution in [3.05, 3.63) is 22.7 Å². The molecular formula is C10H8ClFO3S. The Bertz CT molecular complexity index is 438. The number of fused-ring (bicyclic) bond motifs is 1. The highest BCUT2D eigenvalue weighted by atomic mass is 35.5. The van der Waals surface area contributed by atoms with Gasteiger partial charge in [-0.1, -0.05) is 23.4 Å². The summed E-state index contributed by atoms with van der Waals surface area (Å²) in [6, 6.07) is 2.69. The molecule has 0 fully saturated rings. The van der Waals surface area contributed by atoms with Crippen LogP contribution in [0.5, 0.6) is 5.75 Å². The summed E-state index contributed by atoms with van der Waals surface area (Å²) in [5, 5.41) is 9.05. The number of halogens is 2. The zero-order chi connectivity index (χ0) is 11.7. The molecule has 0 saturated heterocycles. The molecule has 0 bridgehead atoms. The lowest BCUT2D eigenvalue weighted by atomic mass is 10.2. The van der Waals surface area contributed by atoms with Crippen molar-refractivity contribution in [2.75, 3.05) is 6.61 Å². The van der Waals surface area contributed by atoms with Crippen molar-refractivity contribution in [1.82, 2.24) is 0 Å². The fraction of sp³-hybridized carbons (Fsp3) is 0.300. The summed E-state index contributed by atoms with van der Waals surface area (Å²) >= 11 is 6.83. The van der Waals surface area contributed by atoms with Crippen LogP contribution in [0.25, 0.3) is 0 Å². The Kier molecular flexibility index (Phi) is 3.25. The summed E-state index contributed by atoms with van der Waals surface area (Å²) in [6.45, 7) is 0.243. The minimum Gasteiger partial charge on any atom is -0.491 e. The molecular weight excluding hydrogens is 255 g/mol. The summed E-state index contributed by atoms with van der Waals surface area (Å²) in [6.07, 6.45) is 0.262. The maximum atomic E-state index is 13.3. The molecule has 0 aromatic heterocycles. The van der Waals surface area contributed by atoms with Crippen molar-refractivity contribution >= 4 is 29.3 Å². The number of alkyl halides is 1. The van der Waals surface area contributed by atoms with Crippen molar-refractivity contribution in [2.45, 2.75) is 16.8 Å². The highest BCUT2D eigenvalue weighted by molar-refractivity contribution is 7.99. The van der Waals surface area contributed by atoms with Crippen LogP contribution in [-0.4, -0.2) is 23.2 Å². The predicted octanol–water partition coefficient (Wildman–Crippen LogP) is 3.21. The second kappa shape index (κ2) is 4.51. The summed E-state index contributed by atoms with van der Waals surface area (Å²) in [7, 11) is 0. The second-order valence-electron chi connectivity index (χ2n) is 3.26. The van der Waals surface area contributed by atoms with Crippen LogP contribution in [0, 0.1) is 0 Å². The fourth-order valence-corrected chi connectivity index (χ4v) is 2.66. The number of aromatic carboxylic acids is 1. The SMILES string of the molecule is O=C(O)c1cc(Cl)c2c(c1)S[C@@H](F)CCO2. The van der Waals surface area contributed by atoms with E-state index in [2.05, 4.69) is 0 Å². The number of carbonyl (C=O) groups is 1. The van der Waals surface area contributed by atoms with Crippen molar-refractivity contribution in [2.24, 2.45) is 0 Å². The van der Waals surface area contributed by atoms with Crippen LogP contribution < -0.4 is 4.74 Å². The van der Waals surface area contributed by atoms with Crippen LogP contribution in [0.4, 0.5) is 4.39 Å². The molecule has 0 aliphatic carbocycles. The van der Waals surface area contributed by atoms with Crippen LogP contribution in [0.3, 0.4) is 0 Å². The lowest BCUT2D eigenvalue weighted by Crippen LogP contribution is -2.00. The molecule has 1 aromatic carbocycles. The smallest absolute Gasteiger partial charge is 0.335 e. The predicted molar refractivity (Wildman–Crippen MR) is 59.3 cm³/mol. The van der Waals surface area contributed by atoms with Gasteiger partial charge in [0.2, 0.25) is 0 Å². The van der Waals surface area contributed by atoms with Gasteiger partial charge >= 0.3 is 5.97 Å². The van der Waals surface area contributed by atoms with E-state index in [0.29, 0.717) is 10.6 Å². The van der Waals surface area contributed by atoms with Gasteiger partial charge in [0.25, 0.3) is 0 Å². The first kappa shape index (κ1) is 11.5. The lowest BCUT2D eigenvalue weighted by molar-refractivity contribution is 0.0696. The van der Waals surface area contributed by atoms with Gasteiger partial charge in [0, 0.05) is 6.42 Å². The highest BCUT2D eigenvalue weighted by Gasteiger charge is 2.22. The first-order chi connectivity index (χ1) is 7.58. The summed E-state index contributed by atoms with van der Waals surface area (Å²) in [5.74, 6) is -0.721. The molecule has 1 aliphatic rings. The lowest BCUT2D eigenvalue weighted by Gasteiger charge is -2.09. The number of carboxylic acids is 1. The maximum absolute atomic E-state index is 13.3. The molecule has 0 spiro atoms. The van der Waals surface area contributed by atoms with Crippen LogP contribution in [0.1, 0.15) is 16.8 Å². The fourth-order valence-electron chi connectivity index (χ4n) is 1.37. The summed E-state index contributed by atoms with van der Waals surface area (Å²) < 4.78 is 18.6. The Morgan fingerprint density at radius 2 is 2.38 bits per heavy atom. The normalized spacial score (nSPS) is 19.5. The van der Waals surface area contributed by atoms with Gasteiger partial charge in [-0.2, -0.15) is 0 Å². The Morgan fingerprint density at radius 1 is 1.62 bits per heavy atom. The minimum atomic E-state index is -1.10. The van der Waals surface area contributed by atoms with Gasteiger partial charge in [0.1, 0.15) is 0 Å². The van der Waals surface area contributed by atoms with E-state index in [9.17, 15) is 9.18 Å². The first-order valence-corrected chi connectivity index (χ1v) is 5.84. The molecule has 0 radical (unpaired) electrons. The number of ether oxygens (including phenoxy) is 1. The number of carboxylic acid groups (broad SMARTS) is 1. The first-order valence-electron chi connectivity index (χ1n) is 4.58. The van der Waals surface area contributed by atoms with Gasteiger partial charge < -0.3 is 9.84 Å². The van der Waals surface area contributed by atoms with Gasteiger partial charge in [-0.05, 0) is 12.1 Å². The van der Waals surface area contributed by atoms with Gasteiger partial charge in [-0.25, -0.2) is 9.18 Å². The number of thioether (sulfide) groups is 1. The third kappa shape index (κ3) is 2.25. The molecule has 3 nitrogen and oxygen atoms in total. The van der Waals surface area contributed by atoms with Crippen LogP contribution >= 0.6 is 23.4 Å². The van der Waals surface area contributed by atoms with E-state index in [-0.39, 0.29) is 23.6 Å². The topological polar surface area (TPSA) is 46.5 Å². The summed E-state index contributed by atoms with van der Waals surface area (Å²) in [4.78, 5) is 11.2. The van der Waals surface area contributed by atoms with E-state index >= 15 is 0 Å². The van der Waals surface area contributed by atoms with E-state index in [4.69, 9.17) is 21.4 Å². The van der Waals surface area contributed by atoms with Crippen molar-refractivity contribution in [3.63, 3.8) is 0 Å². The number of hydrogen-bond donors (Lipinski definition) is 1. The third-order valence-corrected chi connectivity index (χ3v) is 3.43.